The number of hydrogen-bond donors (Lipinski definition) is 1. The smallest absolute Gasteiger partial charge is 0.0436 e. The van der Waals surface area contributed by atoms with Crippen molar-refractivity contribution in [2.45, 2.75) is 33.1 Å². The third kappa shape index (κ3) is 1.78. The van der Waals surface area contributed by atoms with Gasteiger partial charge in [-0.05, 0) is 35.2 Å². The van der Waals surface area contributed by atoms with Crippen molar-refractivity contribution in [3.8, 4) is 0 Å². The van der Waals surface area contributed by atoms with Gasteiger partial charge in [-0.2, -0.15) is 0 Å². The van der Waals surface area contributed by atoms with E-state index in [-0.39, 0.29) is 0 Å². The van der Waals surface area contributed by atoms with Gasteiger partial charge in [0.15, 0.2) is 0 Å². The van der Waals surface area contributed by atoms with Crippen molar-refractivity contribution in [3.05, 3.63) is 35.9 Å². The Bertz CT molecular complexity index is 346. The minimum absolute atomic E-state index is 0.318. The zero-order valence-corrected chi connectivity index (χ0v) is 10.5. The zero-order chi connectivity index (χ0) is 11.8. The average Bonchev–Trinajstić information content (AvgIpc) is 2.82. The van der Waals surface area contributed by atoms with E-state index in [9.17, 15) is 0 Å². The van der Waals surface area contributed by atoms with Crippen molar-refractivity contribution < 1.29 is 5.11 Å². The highest BCUT2D eigenvalue weighted by atomic mass is 16.3. The van der Waals surface area contributed by atoms with Gasteiger partial charge in [-0.1, -0.05) is 51.1 Å². The van der Waals surface area contributed by atoms with Crippen LogP contribution in [-0.4, -0.2) is 11.7 Å². The van der Waals surface area contributed by atoms with Crippen LogP contribution in [0.4, 0.5) is 0 Å². The van der Waals surface area contributed by atoms with Crippen molar-refractivity contribution in [3.63, 3.8) is 0 Å². The molecule has 1 N–H and O–H groups in total. The van der Waals surface area contributed by atoms with Crippen LogP contribution in [0.5, 0.6) is 0 Å². The number of benzene rings is 1. The van der Waals surface area contributed by atoms with Gasteiger partial charge in [0.25, 0.3) is 0 Å². The Balaban J connectivity index is 2.11. The minimum atomic E-state index is 0.318. The van der Waals surface area contributed by atoms with Crippen LogP contribution in [0.1, 0.15) is 38.7 Å². The maximum Gasteiger partial charge on any atom is 0.0436 e. The topological polar surface area (TPSA) is 20.2 Å². The maximum atomic E-state index is 9.13. The molecule has 0 radical (unpaired) electrons. The first-order valence-corrected chi connectivity index (χ1v) is 6.27. The second kappa shape index (κ2) is 4.21. The van der Waals surface area contributed by atoms with Gasteiger partial charge in [0.05, 0.1) is 0 Å². The number of aliphatic hydroxyl groups excluding tert-OH is 1. The molecule has 4 atom stereocenters. The first kappa shape index (κ1) is 11.7. The van der Waals surface area contributed by atoms with E-state index >= 15 is 0 Å². The lowest BCUT2D eigenvalue weighted by Crippen LogP contribution is -2.06. The summed E-state index contributed by atoms with van der Waals surface area (Å²) in [6.07, 6.45) is 0.940. The Hall–Kier alpha value is -0.820. The molecular weight excluding hydrogens is 196 g/mol. The van der Waals surface area contributed by atoms with Crippen molar-refractivity contribution in [2.75, 3.05) is 6.61 Å². The Morgan fingerprint density at radius 3 is 2.50 bits per heavy atom. The second-order valence-electron chi connectivity index (χ2n) is 5.49. The third-order valence-corrected chi connectivity index (χ3v) is 4.75. The minimum Gasteiger partial charge on any atom is -0.396 e. The summed E-state index contributed by atoms with van der Waals surface area (Å²) in [5.74, 6) is 2.06. The number of aliphatic hydroxyl groups is 1. The molecule has 1 aliphatic carbocycles. The van der Waals surface area contributed by atoms with Gasteiger partial charge in [-0.25, -0.2) is 0 Å². The zero-order valence-electron chi connectivity index (χ0n) is 10.5. The Morgan fingerprint density at radius 2 is 1.94 bits per heavy atom. The largest absolute Gasteiger partial charge is 0.396 e. The van der Waals surface area contributed by atoms with Crippen LogP contribution in [0.25, 0.3) is 0 Å². The molecular formula is C15H22O. The number of hydrogen-bond acceptors (Lipinski definition) is 1. The first-order valence-electron chi connectivity index (χ1n) is 6.27. The summed E-state index contributed by atoms with van der Waals surface area (Å²) in [5.41, 5.74) is 1.78. The lowest BCUT2D eigenvalue weighted by Gasteiger charge is -2.15. The molecule has 0 spiro atoms. The number of rotatable bonds is 4. The summed E-state index contributed by atoms with van der Waals surface area (Å²) in [4.78, 5) is 0. The molecule has 0 saturated heterocycles. The van der Waals surface area contributed by atoms with Crippen molar-refractivity contribution in [2.24, 2.45) is 17.3 Å². The van der Waals surface area contributed by atoms with Crippen LogP contribution >= 0.6 is 0 Å². The summed E-state index contributed by atoms with van der Waals surface area (Å²) in [6, 6.07) is 10.7. The van der Waals surface area contributed by atoms with Gasteiger partial charge in [0.2, 0.25) is 0 Å². The molecule has 1 aromatic rings. The molecule has 1 aromatic carbocycles. The van der Waals surface area contributed by atoms with E-state index in [0.717, 1.165) is 18.3 Å². The van der Waals surface area contributed by atoms with Crippen LogP contribution < -0.4 is 0 Å². The Labute approximate surface area is 98.5 Å². The predicted molar refractivity (Wildman–Crippen MR) is 67.3 cm³/mol. The predicted octanol–water partition coefficient (Wildman–Crippen LogP) is 3.44. The molecule has 0 bridgehead atoms. The van der Waals surface area contributed by atoms with E-state index in [1.54, 1.807) is 0 Å². The molecule has 0 amide bonds. The monoisotopic (exact) mass is 218 g/mol. The van der Waals surface area contributed by atoms with Gasteiger partial charge in [-0.15, -0.1) is 0 Å². The molecule has 1 aliphatic rings. The summed E-state index contributed by atoms with van der Waals surface area (Å²) < 4.78 is 0. The summed E-state index contributed by atoms with van der Waals surface area (Å²) >= 11 is 0. The fourth-order valence-electron chi connectivity index (χ4n) is 3.44. The fourth-order valence-corrected chi connectivity index (χ4v) is 3.44. The van der Waals surface area contributed by atoms with Crippen LogP contribution in [0.15, 0.2) is 30.3 Å². The highest BCUT2D eigenvalue weighted by molar-refractivity contribution is 5.24. The van der Waals surface area contributed by atoms with Crippen molar-refractivity contribution in [1.82, 2.24) is 0 Å². The first-order chi connectivity index (χ1) is 7.61. The van der Waals surface area contributed by atoms with Crippen molar-refractivity contribution >= 4 is 0 Å². The van der Waals surface area contributed by atoms with E-state index in [1.165, 1.54) is 5.56 Å². The average molecular weight is 218 g/mol. The van der Waals surface area contributed by atoms with E-state index in [1.807, 2.05) is 0 Å². The summed E-state index contributed by atoms with van der Waals surface area (Å²) in [6.45, 7) is 7.27. The third-order valence-electron chi connectivity index (χ3n) is 4.75. The highest BCUT2D eigenvalue weighted by Crippen LogP contribution is 2.65. The molecule has 0 aliphatic heterocycles. The molecule has 16 heavy (non-hydrogen) atoms. The molecule has 0 heterocycles. The Kier molecular flexibility index (Phi) is 3.07. The van der Waals surface area contributed by atoms with E-state index in [2.05, 4.69) is 51.1 Å². The van der Waals surface area contributed by atoms with Gasteiger partial charge in [0, 0.05) is 6.61 Å². The van der Waals surface area contributed by atoms with Gasteiger partial charge in [-0.3, -0.25) is 0 Å². The van der Waals surface area contributed by atoms with Gasteiger partial charge in [0.1, 0.15) is 0 Å². The molecule has 0 unspecified atom stereocenters. The summed E-state index contributed by atoms with van der Waals surface area (Å²) in [7, 11) is 0. The molecule has 1 heteroatoms. The van der Waals surface area contributed by atoms with Crippen LogP contribution in [0.3, 0.4) is 0 Å². The van der Waals surface area contributed by atoms with Crippen LogP contribution in [-0.2, 0) is 0 Å². The molecule has 1 nitrogen and oxygen atoms in total. The molecule has 88 valence electrons. The molecule has 0 aromatic heterocycles. The second-order valence-corrected chi connectivity index (χ2v) is 5.49. The van der Waals surface area contributed by atoms with E-state index < -0.39 is 0 Å². The van der Waals surface area contributed by atoms with Crippen LogP contribution in [0.2, 0.25) is 0 Å². The highest BCUT2D eigenvalue weighted by Gasteiger charge is 2.59. The molecule has 1 fully saturated rings. The summed E-state index contributed by atoms with van der Waals surface area (Å²) in [5, 5.41) is 9.13. The standard InChI is InChI=1S/C15H22O/c1-11(13-7-5-4-6-8-13)14-12(2)15(14,3)9-10-16/h4-8,11-12,14,16H,9-10H2,1-3H3/t11-,12-,14+,15+/m0/s1. The normalized spacial score (nSPS) is 34.8. The lowest BCUT2D eigenvalue weighted by atomic mass is 9.90. The quantitative estimate of drug-likeness (QED) is 0.820. The SMILES string of the molecule is C[C@@H](c1ccccc1)[C@@H]1[C@H](C)[C@@]1(C)CCO. The van der Waals surface area contributed by atoms with E-state index in [4.69, 9.17) is 5.11 Å². The fraction of sp³-hybridized carbons (Fsp3) is 0.600. The molecule has 1 saturated carbocycles. The van der Waals surface area contributed by atoms with Crippen LogP contribution in [0, 0.1) is 17.3 Å². The van der Waals surface area contributed by atoms with Crippen molar-refractivity contribution in [1.29, 1.82) is 0 Å². The molecule has 2 rings (SSSR count). The van der Waals surface area contributed by atoms with E-state index in [0.29, 0.717) is 17.9 Å². The van der Waals surface area contributed by atoms with Gasteiger partial charge >= 0.3 is 0 Å². The Morgan fingerprint density at radius 1 is 1.31 bits per heavy atom. The maximum absolute atomic E-state index is 9.13. The lowest BCUT2D eigenvalue weighted by molar-refractivity contribution is 0.241. The van der Waals surface area contributed by atoms with Gasteiger partial charge < -0.3 is 5.11 Å².